The molecule has 5 heteroatoms. The van der Waals surface area contributed by atoms with E-state index in [1.807, 2.05) is 37.3 Å². The lowest BCUT2D eigenvalue weighted by Crippen LogP contribution is -2.25. The zero-order valence-electron chi connectivity index (χ0n) is 12.2. The van der Waals surface area contributed by atoms with E-state index in [1.165, 1.54) is 5.41 Å². The molecule has 0 spiro atoms. The topological polar surface area (TPSA) is 46.2 Å². The number of benzene rings is 2. The highest BCUT2D eigenvalue weighted by atomic mass is 35.5. The Morgan fingerprint density at radius 2 is 1.73 bits per heavy atom. The molecule has 0 saturated heterocycles. The van der Waals surface area contributed by atoms with E-state index in [4.69, 9.17) is 11.6 Å². The van der Waals surface area contributed by atoms with Gasteiger partial charge in [-0.2, -0.15) is 0 Å². The molecule has 0 saturated carbocycles. The minimum atomic E-state index is -3.46. The van der Waals surface area contributed by atoms with Gasteiger partial charge in [0.1, 0.15) is 0 Å². The smallest absolute Gasteiger partial charge is 0.211 e. The van der Waals surface area contributed by atoms with Gasteiger partial charge < -0.3 is 0 Å². The van der Waals surface area contributed by atoms with E-state index in [0.717, 1.165) is 11.1 Å². The van der Waals surface area contributed by atoms with Crippen LogP contribution in [0.4, 0.5) is 0 Å². The summed E-state index contributed by atoms with van der Waals surface area (Å²) in [6.45, 7) is 2.35. The molecule has 116 valence electrons. The lowest BCUT2D eigenvalue weighted by atomic mass is 10.0. The van der Waals surface area contributed by atoms with E-state index in [9.17, 15) is 8.42 Å². The van der Waals surface area contributed by atoms with Gasteiger partial charge in [0.15, 0.2) is 0 Å². The van der Waals surface area contributed by atoms with Crippen LogP contribution in [0.25, 0.3) is 6.08 Å². The van der Waals surface area contributed by atoms with Crippen molar-refractivity contribution in [1.82, 2.24) is 4.72 Å². The van der Waals surface area contributed by atoms with E-state index < -0.39 is 10.0 Å². The van der Waals surface area contributed by atoms with E-state index in [-0.39, 0.29) is 5.92 Å². The highest BCUT2D eigenvalue weighted by Crippen LogP contribution is 2.14. The minimum Gasteiger partial charge on any atom is -0.211 e. The van der Waals surface area contributed by atoms with Crippen molar-refractivity contribution in [3.05, 3.63) is 76.2 Å². The average molecular weight is 336 g/mol. The maximum Gasteiger partial charge on any atom is 0.233 e. The Hall–Kier alpha value is -1.62. The Morgan fingerprint density at radius 1 is 1.09 bits per heavy atom. The molecule has 0 heterocycles. The first-order valence-electron chi connectivity index (χ1n) is 6.94. The summed E-state index contributed by atoms with van der Waals surface area (Å²) in [6.07, 6.45) is 1.55. The fourth-order valence-corrected chi connectivity index (χ4v) is 2.97. The van der Waals surface area contributed by atoms with Crippen LogP contribution < -0.4 is 4.72 Å². The van der Waals surface area contributed by atoms with Crippen LogP contribution in [0.2, 0.25) is 5.02 Å². The summed E-state index contributed by atoms with van der Waals surface area (Å²) in [5, 5.41) is 1.79. The number of halogens is 1. The van der Waals surface area contributed by atoms with Crippen molar-refractivity contribution in [2.75, 3.05) is 6.54 Å². The number of nitrogens with one attached hydrogen (secondary N) is 1. The molecule has 2 aromatic carbocycles. The molecule has 1 N–H and O–H groups in total. The van der Waals surface area contributed by atoms with Crippen LogP contribution in [-0.2, 0) is 10.0 Å². The fourth-order valence-electron chi connectivity index (χ4n) is 1.93. The first-order chi connectivity index (χ1) is 10.5. The largest absolute Gasteiger partial charge is 0.233 e. The van der Waals surface area contributed by atoms with Gasteiger partial charge in [0.05, 0.1) is 0 Å². The van der Waals surface area contributed by atoms with Gasteiger partial charge in [-0.3, -0.25) is 0 Å². The monoisotopic (exact) mass is 335 g/mol. The second kappa shape index (κ2) is 7.58. The molecule has 0 aromatic heterocycles. The molecule has 2 rings (SSSR count). The maximum atomic E-state index is 12.0. The van der Waals surface area contributed by atoms with Gasteiger partial charge in [-0.1, -0.05) is 61.0 Å². The molecule has 0 aliphatic carbocycles. The van der Waals surface area contributed by atoms with Gasteiger partial charge in [0, 0.05) is 17.0 Å². The summed E-state index contributed by atoms with van der Waals surface area (Å²) in [5.41, 5.74) is 1.89. The lowest BCUT2D eigenvalue weighted by molar-refractivity contribution is 0.584. The van der Waals surface area contributed by atoms with Crippen LogP contribution >= 0.6 is 11.6 Å². The Balaban J connectivity index is 1.95. The highest BCUT2D eigenvalue weighted by molar-refractivity contribution is 7.92. The first-order valence-corrected chi connectivity index (χ1v) is 8.87. The lowest BCUT2D eigenvalue weighted by Gasteiger charge is -2.11. The van der Waals surface area contributed by atoms with E-state index in [2.05, 4.69) is 4.72 Å². The van der Waals surface area contributed by atoms with Crippen molar-refractivity contribution in [2.45, 2.75) is 12.8 Å². The SMILES string of the molecule is C[C@@H](CNS(=O)(=O)/C=C/c1ccc(Cl)cc1)c1ccccc1. The maximum absolute atomic E-state index is 12.0. The van der Waals surface area contributed by atoms with Gasteiger partial charge in [-0.15, -0.1) is 0 Å². The predicted molar refractivity (Wildman–Crippen MR) is 92.3 cm³/mol. The quantitative estimate of drug-likeness (QED) is 0.866. The van der Waals surface area contributed by atoms with Crippen LogP contribution in [-0.4, -0.2) is 15.0 Å². The van der Waals surface area contributed by atoms with Crippen molar-refractivity contribution < 1.29 is 8.42 Å². The van der Waals surface area contributed by atoms with Crippen molar-refractivity contribution in [3.63, 3.8) is 0 Å². The Bertz CT molecular complexity index is 725. The summed E-state index contributed by atoms with van der Waals surface area (Å²) < 4.78 is 26.6. The molecule has 0 aliphatic rings. The minimum absolute atomic E-state index is 0.111. The molecule has 0 bridgehead atoms. The van der Waals surface area contributed by atoms with Gasteiger partial charge in [0.25, 0.3) is 0 Å². The van der Waals surface area contributed by atoms with Crippen molar-refractivity contribution in [2.24, 2.45) is 0 Å². The summed E-state index contributed by atoms with van der Waals surface area (Å²) >= 11 is 5.79. The van der Waals surface area contributed by atoms with Crippen LogP contribution in [0.3, 0.4) is 0 Å². The molecule has 2 aromatic rings. The molecule has 1 atom stereocenters. The summed E-state index contributed by atoms with van der Waals surface area (Å²) in [7, 11) is -3.46. The molecule has 3 nitrogen and oxygen atoms in total. The van der Waals surface area contributed by atoms with E-state index in [0.29, 0.717) is 11.6 Å². The second-order valence-corrected chi connectivity index (χ2v) is 7.15. The van der Waals surface area contributed by atoms with Crippen LogP contribution in [0.15, 0.2) is 60.0 Å². The number of hydrogen-bond donors (Lipinski definition) is 1. The predicted octanol–water partition coefficient (Wildman–Crippen LogP) is 4.03. The van der Waals surface area contributed by atoms with Gasteiger partial charge >= 0.3 is 0 Å². The van der Waals surface area contributed by atoms with Crippen LogP contribution in [0, 0.1) is 0 Å². The van der Waals surface area contributed by atoms with Crippen molar-refractivity contribution >= 4 is 27.7 Å². The van der Waals surface area contributed by atoms with Gasteiger partial charge in [-0.05, 0) is 35.3 Å². The third-order valence-corrected chi connectivity index (χ3v) is 4.58. The van der Waals surface area contributed by atoms with Crippen LogP contribution in [0.5, 0.6) is 0 Å². The average Bonchev–Trinajstić information content (AvgIpc) is 2.53. The zero-order chi connectivity index (χ0) is 16.0. The summed E-state index contributed by atoms with van der Waals surface area (Å²) in [4.78, 5) is 0. The molecule has 0 aliphatic heterocycles. The zero-order valence-corrected chi connectivity index (χ0v) is 13.8. The standard InChI is InChI=1S/C17H18ClNO2S/c1-14(16-5-3-2-4-6-16)13-19-22(20,21)12-11-15-7-9-17(18)10-8-15/h2-12,14,19H,13H2,1H3/b12-11+/t14-/m0/s1. The van der Waals surface area contributed by atoms with E-state index >= 15 is 0 Å². The van der Waals surface area contributed by atoms with Crippen molar-refractivity contribution in [3.8, 4) is 0 Å². The summed E-state index contributed by atoms with van der Waals surface area (Å²) in [6, 6.07) is 16.8. The normalized spacial score (nSPS) is 13.4. The Labute approximate surface area is 136 Å². The fraction of sp³-hybridized carbons (Fsp3) is 0.176. The van der Waals surface area contributed by atoms with Crippen LogP contribution in [0.1, 0.15) is 24.0 Å². The van der Waals surface area contributed by atoms with Crippen molar-refractivity contribution in [1.29, 1.82) is 0 Å². The summed E-state index contributed by atoms with van der Waals surface area (Å²) in [5.74, 6) is 0.111. The van der Waals surface area contributed by atoms with Gasteiger partial charge in [0.2, 0.25) is 10.0 Å². The molecule has 0 unspecified atom stereocenters. The number of rotatable bonds is 6. The molecular formula is C17H18ClNO2S. The third kappa shape index (κ3) is 5.30. The van der Waals surface area contributed by atoms with Gasteiger partial charge in [-0.25, -0.2) is 13.1 Å². The molecule has 0 amide bonds. The number of sulfonamides is 1. The Morgan fingerprint density at radius 3 is 2.36 bits per heavy atom. The second-order valence-electron chi connectivity index (χ2n) is 5.06. The number of hydrogen-bond acceptors (Lipinski definition) is 2. The molecule has 22 heavy (non-hydrogen) atoms. The Kier molecular flexibility index (Phi) is 5.77. The molecule has 0 radical (unpaired) electrons. The van der Waals surface area contributed by atoms with E-state index in [1.54, 1.807) is 30.3 Å². The molecule has 0 fully saturated rings. The molecular weight excluding hydrogens is 318 g/mol. The highest BCUT2D eigenvalue weighted by Gasteiger charge is 2.10. The first kappa shape index (κ1) is 16.7. The third-order valence-electron chi connectivity index (χ3n) is 3.27.